The molecule has 2 rings (SSSR count). The molecule has 2 heterocycles. The highest BCUT2D eigenvalue weighted by atomic mass is 16.5. The summed E-state index contributed by atoms with van der Waals surface area (Å²) in [6.07, 6.45) is 3.68. The van der Waals surface area contributed by atoms with Gasteiger partial charge in [-0.1, -0.05) is 0 Å². The van der Waals surface area contributed by atoms with E-state index in [1.165, 1.54) is 6.33 Å². The summed E-state index contributed by atoms with van der Waals surface area (Å²) in [5.74, 6) is 0.156. The van der Waals surface area contributed by atoms with Gasteiger partial charge in [-0.25, -0.2) is 4.98 Å². The minimum Gasteiger partial charge on any atom is -0.375 e. The van der Waals surface area contributed by atoms with Gasteiger partial charge < -0.3 is 9.64 Å². The van der Waals surface area contributed by atoms with Gasteiger partial charge in [0.1, 0.15) is 12.7 Å². The van der Waals surface area contributed by atoms with E-state index in [4.69, 9.17) is 4.74 Å². The van der Waals surface area contributed by atoms with Crippen molar-refractivity contribution in [3.63, 3.8) is 0 Å². The highest BCUT2D eigenvalue weighted by molar-refractivity contribution is 5.76. The Morgan fingerprint density at radius 1 is 1.53 bits per heavy atom. The average Bonchev–Trinajstić information content (AvgIpc) is 2.82. The normalized spacial score (nSPS) is 24.9. The maximum absolute atomic E-state index is 12.1. The van der Waals surface area contributed by atoms with Gasteiger partial charge in [-0.3, -0.25) is 9.48 Å². The number of amides is 1. The number of carbonyl (C=O) groups excluding carboxylic acids is 1. The van der Waals surface area contributed by atoms with Crippen LogP contribution in [0.15, 0.2) is 12.7 Å². The van der Waals surface area contributed by atoms with Crippen molar-refractivity contribution >= 4 is 5.91 Å². The molecule has 94 valence electrons. The van der Waals surface area contributed by atoms with Crippen molar-refractivity contribution in [1.82, 2.24) is 19.7 Å². The van der Waals surface area contributed by atoms with Gasteiger partial charge in [0.2, 0.25) is 5.91 Å². The molecule has 1 amide bonds. The molecule has 1 fully saturated rings. The molecule has 0 bridgehead atoms. The van der Waals surface area contributed by atoms with Gasteiger partial charge in [-0.2, -0.15) is 5.10 Å². The van der Waals surface area contributed by atoms with Crippen LogP contribution in [0.5, 0.6) is 0 Å². The quantitative estimate of drug-likeness (QED) is 0.760. The fourth-order valence-electron chi connectivity index (χ4n) is 1.95. The molecular formula is C11H18N4O2. The Balaban J connectivity index is 1.86. The summed E-state index contributed by atoms with van der Waals surface area (Å²) < 4.78 is 7.17. The molecule has 0 N–H and O–H groups in total. The summed E-state index contributed by atoms with van der Waals surface area (Å²) in [7, 11) is 0. The van der Waals surface area contributed by atoms with Gasteiger partial charge in [0.05, 0.1) is 25.3 Å². The summed E-state index contributed by atoms with van der Waals surface area (Å²) in [5, 5.41) is 3.98. The van der Waals surface area contributed by atoms with Crippen LogP contribution in [-0.4, -0.2) is 50.9 Å². The van der Waals surface area contributed by atoms with Crippen molar-refractivity contribution in [2.24, 2.45) is 0 Å². The molecule has 2 atom stereocenters. The number of aryl methyl sites for hydroxylation is 1. The summed E-state index contributed by atoms with van der Waals surface area (Å²) in [6.45, 7) is 5.88. The number of carbonyl (C=O) groups is 1. The first-order chi connectivity index (χ1) is 8.16. The van der Waals surface area contributed by atoms with E-state index in [1.807, 2.05) is 18.7 Å². The number of ether oxygens (including phenoxy) is 1. The van der Waals surface area contributed by atoms with Crippen molar-refractivity contribution in [3.8, 4) is 0 Å². The van der Waals surface area contributed by atoms with E-state index >= 15 is 0 Å². The first-order valence-corrected chi connectivity index (χ1v) is 5.90. The summed E-state index contributed by atoms with van der Waals surface area (Å²) in [5.41, 5.74) is 0. The zero-order valence-corrected chi connectivity index (χ0v) is 10.2. The van der Waals surface area contributed by atoms with Crippen LogP contribution >= 0.6 is 0 Å². The van der Waals surface area contributed by atoms with Crippen LogP contribution in [0.4, 0.5) is 0 Å². The predicted molar refractivity (Wildman–Crippen MR) is 61.2 cm³/mol. The lowest BCUT2D eigenvalue weighted by Gasteiger charge is -2.36. The standard InChI is InChI=1S/C11H18N4O2/c1-9-6-17-10(2)5-15(9)11(16)3-4-14-8-12-7-13-14/h7-10H,3-6H2,1-2H3. The van der Waals surface area contributed by atoms with E-state index in [2.05, 4.69) is 10.1 Å². The Kier molecular flexibility index (Phi) is 3.73. The van der Waals surface area contributed by atoms with E-state index in [0.717, 1.165) is 0 Å². The second kappa shape index (κ2) is 5.27. The summed E-state index contributed by atoms with van der Waals surface area (Å²) >= 11 is 0. The zero-order chi connectivity index (χ0) is 12.3. The Morgan fingerprint density at radius 2 is 2.35 bits per heavy atom. The highest BCUT2D eigenvalue weighted by Crippen LogP contribution is 2.12. The maximum atomic E-state index is 12.1. The van der Waals surface area contributed by atoms with Crippen LogP contribution in [0.1, 0.15) is 20.3 Å². The SMILES string of the molecule is CC1CN(C(=O)CCn2cncn2)C(C)CO1. The topological polar surface area (TPSA) is 60.2 Å². The monoisotopic (exact) mass is 238 g/mol. The molecule has 0 radical (unpaired) electrons. The first-order valence-electron chi connectivity index (χ1n) is 5.90. The van der Waals surface area contributed by atoms with E-state index in [0.29, 0.717) is 26.1 Å². The van der Waals surface area contributed by atoms with Crippen LogP contribution in [0.25, 0.3) is 0 Å². The second-order valence-corrected chi connectivity index (χ2v) is 4.45. The Labute approximate surface area is 101 Å². The lowest BCUT2D eigenvalue weighted by molar-refractivity contribution is -0.143. The molecule has 0 aliphatic carbocycles. The van der Waals surface area contributed by atoms with Gasteiger partial charge in [-0.15, -0.1) is 0 Å². The maximum Gasteiger partial charge on any atom is 0.224 e. The van der Waals surface area contributed by atoms with Crippen molar-refractivity contribution in [2.45, 2.75) is 39.0 Å². The fraction of sp³-hybridized carbons (Fsp3) is 0.727. The number of nitrogens with zero attached hydrogens (tertiary/aromatic N) is 4. The number of morpholine rings is 1. The van der Waals surface area contributed by atoms with Crippen molar-refractivity contribution in [3.05, 3.63) is 12.7 Å². The van der Waals surface area contributed by atoms with Gasteiger partial charge in [0, 0.05) is 13.0 Å². The smallest absolute Gasteiger partial charge is 0.224 e. The third-order valence-electron chi connectivity index (χ3n) is 2.95. The van der Waals surface area contributed by atoms with Crippen molar-refractivity contribution in [1.29, 1.82) is 0 Å². The first kappa shape index (κ1) is 12.0. The molecule has 6 nitrogen and oxygen atoms in total. The molecule has 1 saturated heterocycles. The third-order valence-corrected chi connectivity index (χ3v) is 2.95. The fourth-order valence-corrected chi connectivity index (χ4v) is 1.95. The van der Waals surface area contributed by atoms with E-state index < -0.39 is 0 Å². The second-order valence-electron chi connectivity index (χ2n) is 4.45. The minimum atomic E-state index is 0.126. The summed E-state index contributed by atoms with van der Waals surface area (Å²) in [6, 6.07) is 0.162. The number of hydrogen-bond donors (Lipinski definition) is 0. The molecule has 1 aliphatic rings. The van der Waals surface area contributed by atoms with E-state index in [9.17, 15) is 4.79 Å². The van der Waals surface area contributed by atoms with Gasteiger partial charge in [0.15, 0.2) is 0 Å². The molecule has 2 unspecified atom stereocenters. The van der Waals surface area contributed by atoms with Crippen LogP contribution in [-0.2, 0) is 16.1 Å². The van der Waals surface area contributed by atoms with Gasteiger partial charge in [0.25, 0.3) is 0 Å². The molecule has 0 saturated carbocycles. The van der Waals surface area contributed by atoms with Gasteiger partial charge >= 0.3 is 0 Å². The lowest BCUT2D eigenvalue weighted by atomic mass is 10.2. The highest BCUT2D eigenvalue weighted by Gasteiger charge is 2.26. The molecule has 0 aromatic carbocycles. The van der Waals surface area contributed by atoms with Crippen molar-refractivity contribution in [2.75, 3.05) is 13.2 Å². The van der Waals surface area contributed by atoms with E-state index in [1.54, 1.807) is 11.0 Å². The zero-order valence-electron chi connectivity index (χ0n) is 10.2. The molecular weight excluding hydrogens is 220 g/mol. The largest absolute Gasteiger partial charge is 0.375 e. The Hall–Kier alpha value is -1.43. The number of aromatic nitrogens is 3. The van der Waals surface area contributed by atoms with Gasteiger partial charge in [-0.05, 0) is 13.8 Å². The number of rotatable bonds is 3. The van der Waals surface area contributed by atoms with Crippen LogP contribution in [0, 0.1) is 0 Å². The molecule has 1 aliphatic heterocycles. The Morgan fingerprint density at radius 3 is 3.06 bits per heavy atom. The number of hydrogen-bond acceptors (Lipinski definition) is 4. The Bertz CT molecular complexity index is 366. The molecule has 17 heavy (non-hydrogen) atoms. The van der Waals surface area contributed by atoms with Crippen molar-refractivity contribution < 1.29 is 9.53 Å². The van der Waals surface area contributed by atoms with Crippen LogP contribution in [0.2, 0.25) is 0 Å². The predicted octanol–water partition coefficient (Wildman–Crippen LogP) is 0.304. The minimum absolute atomic E-state index is 0.126. The third kappa shape index (κ3) is 3.03. The summed E-state index contributed by atoms with van der Waals surface area (Å²) in [4.78, 5) is 17.8. The average molecular weight is 238 g/mol. The molecule has 1 aromatic heterocycles. The molecule has 1 aromatic rings. The molecule has 0 spiro atoms. The van der Waals surface area contributed by atoms with Crippen LogP contribution < -0.4 is 0 Å². The molecule has 6 heteroatoms. The van der Waals surface area contributed by atoms with E-state index in [-0.39, 0.29) is 18.1 Å². The lowest BCUT2D eigenvalue weighted by Crippen LogP contribution is -2.50. The van der Waals surface area contributed by atoms with Crippen LogP contribution in [0.3, 0.4) is 0 Å².